The van der Waals surface area contributed by atoms with E-state index in [1.807, 2.05) is 0 Å². The third-order valence-corrected chi connectivity index (χ3v) is 2.03. The van der Waals surface area contributed by atoms with E-state index >= 15 is 0 Å². The van der Waals surface area contributed by atoms with Gasteiger partial charge in [-0.1, -0.05) is 0 Å². The lowest BCUT2D eigenvalue weighted by Gasteiger charge is -2.26. The molecule has 0 spiro atoms. The molecule has 0 radical (unpaired) electrons. The molecule has 0 aromatic rings. The van der Waals surface area contributed by atoms with Gasteiger partial charge < -0.3 is 14.6 Å². The molecule has 0 aromatic carbocycles. The first-order valence-corrected chi connectivity index (χ1v) is 6.72. The maximum Gasteiger partial charge on any atom is 0.429 e. The highest BCUT2D eigenvalue weighted by Gasteiger charge is 2.26. The van der Waals surface area contributed by atoms with Crippen molar-refractivity contribution in [1.82, 2.24) is 10.4 Å². The molecule has 9 heteroatoms. The Balaban J connectivity index is 4.77. The average Bonchev–Trinajstić information content (AvgIpc) is 2.33. The van der Waals surface area contributed by atoms with Crippen molar-refractivity contribution in [1.29, 1.82) is 0 Å². The highest BCUT2D eigenvalue weighted by atomic mass is 16.6. The Hall–Kier alpha value is -2.32. The van der Waals surface area contributed by atoms with Crippen LogP contribution in [0.5, 0.6) is 0 Å². The second-order valence-electron chi connectivity index (χ2n) is 5.30. The molecule has 126 valence electrons. The third kappa shape index (κ3) is 9.56. The third-order valence-electron chi connectivity index (χ3n) is 2.03. The molecule has 0 aliphatic rings. The minimum Gasteiger partial charge on any atom is -0.481 e. The normalized spacial score (nSPS) is 10.5. The highest BCUT2D eigenvalue weighted by Crippen LogP contribution is 2.09. The molecular weight excluding hydrogens is 296 g/mol. The monoisotopic (exact) mass is 318 g/mol. The topological polar surface area (TPSA) is 122 Å². The minimum atomic E-state index is -1.15. The van der Waals surface area contributed by atoms with E-state index in [4.69, 9.17) is 14.6 Å². The Morgan fingerprint density at radius 3 is 2.18 bits per heavy atom. The van der Waals surface area contributed by atoms with E-state index in [2.05, 4.69) is 5.43 Å². The summed E-state index contributed by atoms with van der Waals surface area (Å²) >= 11 is 0. The van der Waals surface area contributed by atoms with Crippen LogP contribution in [0.2, 0.25) is 0 Å². The molecular formula is C13H22N2O7. The smallest absolute Gasteiger partial charge is 0.429 e. The van der Waals surface area contributed by atoms with Gasteiger partial charge in [-0.05, 0) is 27.7 Å². The second kappa shape index (κ2) is 8.85. The predicted molar refractivity (Wildman–Crippen MR) is 74.6 cm³/mol. The molecule has 0 rings (SSSR count). The van der Waals surface area contributed by atoms with E-state index in [-0.39, 0.29) is 13.0 Å². The van der Waals surface area contributed by atoms with Gasteiger partial charge in [0.1, 0.15) is 12.1 Å². The summed E-state index contributed by atoms with van der Waals surface area (Å²) in [4.78, 5) is 45.4. The molecule has 0 heterocycles. The van der Waals surface area contributed by atoms with Crippen molar-refractivity contribution in [3.8, 4) is 0 Å². The van der Waals surface area contributed by atoms with Crippen LogP contribution in [0.25, 0.3) is 0 Å². The zero-order valence-corrected chi connectivity index (χ0v) is 13.2. The number of hydrogen-bond acceptors (Lipinski definition) is 6. The second-order valence-corrected chi connectivity index (χ2v) is 5.30. The maximum atomic E-state index is 11.9. The molecule has 22 heavy (non-hydrogen) atoms. The van der Waals surface area contributed by atoms with Gasteiger partial charge in [0.15, 0.2) is 0 Å². The van der Waals surface area contributed by atoms with E-state index < -0.39 is 42.5 Å². The molecule has 0 aliphatic carbocycles. The first-order valence-electron chi connectivity index (χ1n) is 6.72. The SMILES string of the molecule is CCOC(=O)CN(NC(=O)CCC(=O)O)C(=O)OC(C)(C)C. The number of carboxylic acids is 1. The van der Waals surface area contributed by atoms with Gasteiger partial charge in [-0.2, -0.15) is 0 Å². The number of rotatable bonds is 6. The molecule has 2 amide bonds. The number of amides is 2. The summed E-state index contributed by atoms with van der Waals surface area (Å²) in [5.74, 6) is -2.60. The Kier molecular flexibility index (Phi) is 7.92. The van der Waals surface area contributed by atoms with Crippen molar-refractivity contribution in [2.75, 3.05) is 13.2 Å². The first kappa shape index (κ1) is 19.7. The van der Waals surface area contributed by atoms with Crippen LogP contribution in [0.15, 0.2) is 0 Å². The molecule has 9 nitrogen and oxygen atoms in total. The molecule has 0 saturated heterocycles. The molecule has 0 atom stereocenters. The van der Waals surface area contributed by atoms with Crippen molar-refractivity contribution < 1.29 is 33.8 Å². The Bertz CT molecular complexity index is 429. The number of nitrogens with one attached hydrogen (secondary N) is 1. The van der Waals surface area contributed by atoms with Crippen LogP contribution in [-0.4, -0.2) is 52.8 Å². The van der Waals surface area contributed by atoms with Gasteiger partial charge in [-0.3, -0.25) is 19.8 Å². The van der Waals surface area contributed by atoms with Gasteiger partial charge in [0.05, 0.1) is 13.0 Å². The summed E-state index contributed by atoms with van der Waals surface area (Å²) in [7, 11) is 0. The summed E-state index contributed by atoms with van der Waals surface area (Å²) in [6.07, 6.45) is -1.67. The zero-order chi connectivity index (χ0) is 17.3. The number of aliphatic carboxylic acids is 1. The fourth-order valence-corrected chi connectivity index (χ4v) is 1.23. The predicted octanol–water partition coefficient (Wildman–Crippen LogP) is 0.683. The summed E-state index contributed by atoms with van der Waals surface area (Å²) in [5, 5.41) is 9.17. The first-order chi connectivity index (χ1) is 10.0. The summed E-state index contributed by atoms with van der Waals surface area (Å²) in [6, 6.07) is 0. The van der Waals surface area contributed by atoms with E-state index in [0.717, 1.165) is 0 Å². The largest absolute Gasteiger partial charge is 0.481 e. The lowest BCUT2D eigenvalue weighted by Crippen LogP contribution is -2.50. The van der Waals surface area contributed by atoms with Gasteiger partial charge in [0.25, 0.3) is 0 Å². The number of carbonyl (C=O) groups excluding carboxylic acids is 3. The van der Waals surface area contributed by atoms with Gasteiger partial charge in [0.2, 0.25) is 5.91 Å². The number of carboxylic acid groups (broad SMARTS) is 1. The standard InChI is InChI=1S/C13H22N2O7/c1-5-21-11(19)8-15(12(20)22-13(2,3)4)14-9(16)6-7-10(17)18/h5-8H2,1-4H3,(H,14,16)(H,17,18). The van der Waals surface area contributed by atoms with E-state index in [1.165, 1.54) is 0 Å². The molecule has 0 unspecified atom stereocenters. The van der Waals surface area contributed by atoms with Crippen LogP contribution in [0.3, 0.4) is 0 Å². The highest BCUT2D eigenvalue weighted by molar-refractivity contribution is 5.84. The molecule has 0 bridgehead atoms. The number of carbonyl (C=O) groups is 4. The molecule has 0 aromatic heterocycles. The molecule has 2 N–H and O–H groups in total. The fourth-order valence-electron chi connectivity index (χ4n) is 1.23. The molecule has 0 aliphatic heterocycles. The minimum absolute atomic E-state index is 0.119. The lowest BCUT2D eigenvalue weighted by molar-refractivity contribution is -0.146. The molecule has 0 fully saturated rings. The summed E-state index contributed by atoms with van der Waals surface area (Å²) in [6.45, 7) is 6.05. The molecule has 0 saturated carbocycles. The van der Waals surface area contributed by atoms with Crippen LogP contribution in [-0.2, 0) is 23.9 Å². The van der Waals surface area contributed by atoms with Crippen molar-refractivity contribution in [2.45, 2.75) is 46.1 Å². The number of nitrogens with zero attached hydrogens (tertiary/aromatic N) is 1. The van der Waals surface area contributed by atoms with E-state index in [9.17, 15) is 19.2 Å². The van der Waals surface area contributed by atoms with Crippen LogP contribution < -0.4 is 5.43 Å². The summed E-state index contributed by atoms with van der Waals surface area (Å²) < 4.78 is 9.75. The van der Waals surface area contributed by atoms with Gasteiger partial charge in [-0.25, -0.2) is 9.80 Å². The van der Waals surface area contributed by atoms with E-state index in [1.54, 1.807) is 27.7 Å². The van der Waals surface area contributed by atoms with Gasteiger partial charge in [-0.15, -0.1) is 0 Å². The van der Waals surface area contributed by atoms with Crippen LogP contribution in [0.4, 0.5) is 4.79 Å². The Morgan fingerprint density at radius 2 is 1.73 bits per heavy atom. The van der Waals surface area contributed by atoms with Gasteiger partial charge in [0, 0.05) is 6.42 Å². The number of hydrogen-bond donors (Lipinski definition) is 2. The van der Waals surface area contributed by atoms with Crippen molar-refractivity contribution in [3.05, 3.63) is 0 Å². The van der Waals surface area contributed by atoms with E-state index in [0.29, 0.717) is 5.01 Å². The van der Waals surface area contributed by atoms with Crippen molar-refractivity contribution >= 4 is 23.9 Å². The van der Waals surface area contributed by atoms with Crippen molar-refractivity contribution in [3.63, 3.8) is 0 Å². The van der Waals surface area contributed by atoms with Crippen molar-refractivity contribution in [2.24, 2.45) is 0 Å². The number of hydrazine groups is 1. The fraction of sp³-hybridized carbons (Fsp3) is 0.692. The Morgan fingerprint density at radius 1 is 1.14 bits per heavy atom. The quantitative estimate of drug-likeness (QED) is 0.545. The number of esters is 1. The maximum absolute atomic E-state index is 11.9. The lowest BCUT2D eigenvalue weighted by atomic mass is 10.2. The van der Waals surface area contributed by atoms with Crippen LogP contribution in [0, 0.1) is 0 Å². The van der Waals surface area contributed by atoms with Gasteiger partial charge >= 0.3 is 18.0 Å². The van der Waals surface area contributed by atoms with Crippen LogP contribution in [0.1, 0.15) is 40.5 Å². The summed E-state index contributed by atoms with van der Waals surface area (Å²) in [5.41, 5.74) is 1.32. The zero-order valence-electron chi connectivity index (χ0n) is 13.2. The number of ether oxygens (including phenoxy) is 2. The Labute approximate surface area is 128 Å². The van der Waals surface area contributed by atoms with Crippen LogP contribution >= 0.6 is 0 Å². The average molecular weight is 318 g/mol.